The smallest absolute Gasteiger partial charge is 0.311 e. The maximum atomic E-state index is 13.5. The van der Waals surface area contributed by atoms with Gasteiger partial charge in [0.25, 0.3) is 0 Å². The average Bonchev–Trinajstić information content (AvgIpc) is 2.90. The Morgan fingerprint density at radius 2 is 1.52 bits per heavy atom. The van der Waals surface area contributed by atoms with Gasteiger partial charge in [-0.25, -0.2) is 0 Å². The summed E-state index contributed by atoms with van der Waals surface area (Å²) in [6.45, 7) is 15.3. The SMILES string of the molecule is CC[C@H]1OC(=O)[C@H](C)[C@@H](O[C@H]2C[C@@](C)(OC)[C@@H](O)[C@H](C)O2)[C@H](C)C[C@@](O)(CC)C[C@@H](C)C(=O)[C@H](C)[C@@H](O)[C@]1(C)O. The Morgan fingerprint density at radius 1 is 0.925 bits per heavy atom. The predicted molar refractivity (Wildman–Crippen MR) is 148 cm³/mol. The second-order valence-electron chi connectivity index (χ2n) is 12.9. The van der Waals surface area contributed by atoms with E-state index in [4.69, 9.17) is 18.9 Å². The lowest BCUT2D eigenvalue weighted by molar-refractivity contribution is -0.296. The summed E-state index contributed by atoms with van der Waals surface area (Å²) in [6, 6.07) is 0. The van der Waals surface area contributed by atoms with Crippen molar-refractivity contribution in [1.82, 2.24) is 0 Å². The van der Waals surface area contributed by atoms with Crippen LogP contribution in [0.3, 0.4) is 0 Å². The molecular formula is C30H54O10. The molecule has 0 aliphatic carbocycles. The third-order valence-electron chi connectivity index (χ3n) is 9.54. The highest BCUT2D eigenvalue weighted by Gasteiger charge is 2.50. The maximum absolute atomic E-state index is 13.5. The number of aliphatic hydroxyl groups excluding tert-OH is 2. The molecule has 0 aromatic rings. The van der Waals surface area contributed by atoms with Crippen LogP contribution in [0.5, 0.6) is 0 Å². The normalized spacial score (nSPS) is 48.4. The van der Waals surface area contributed by atoms with Crippen molar-refractivity contribution < 1.29 is 49.0 Å². The van der Waals surface area contributed by atoms with Crippen molar-refractivity contribution in [2.24, 2.45) is 23.7 Å². The summed E-state index contributed by atoms with van der Waals surface area (Å²) in [4.78, 5) is 26.9. The minimum absolute atomic E-state index is 0.152. The highest BCUT2D eigenvalue weighted by molar-refractivity contribution is 5.83. The van der Waals surface area contributed by atoms with Gasteiger partial charge in [-0.05, 0) is 59.3 Å². The number of ether oxygens (including phenoxy) is 4. The summed E-state index contributed by atoms with van der Waals surface area (Å²) in [6.07, 6.45) is -4.47. The van der Waals surface area contributed by atoms with Gasteiger partial charge < -0.3 is 39.4 Å². The van der Waals surface area contributed by atoms with Gasteiger partial charge in [-0.2, -0.15) is 0 Å². The molecule has 0 saturated carbocycles. The van der Waals surface area contributed by atoms with Crippen LogP contribution in [0.2, 0.25) is 0 Å². The molecule has 0 spiro atoms. The zero-order valence-corrected chi connectivity index (χ0v) is 26.0. The third kappa shape index (κ3) is 7.43. The summed E-state index contributed by atoms with van der Waals surface area (Å²) in [5, 5.41) is 44.7. The first-order valence-electron chi connectivity index (χ1n) is 14.8. The molecule has 40 heavy (non-hydrogen) atoms. The lowest BCUT2D eigenvalue weighted by Crippen LogP contribution is -2.58. The topological polar surface area (TPSA) is 152 Å². The number of Topliss-reactive ketones (excluding diaryl/α,β-unsaturated/α-hetero) is 1. The molecule has 0 radical (unpaired) electrons. The van der Waals surface area contributed by atoms with Crippen molar-refractivity contribution in [2.45, 2.75) is 148 Å². The van der Waals surface area contributed by atoms with Crippen LogP contribution < -0.4 is 0 Å². The average molecular weight is 575 g/mol. The monoisotopic (exact) mass is 574 g/mol. The molecule has 2 heterocycles. The number of aliphatic hydroxyl groups is 4. The standard InChI is InChI=1S/C30H54O10/c1-11-21-29(9,35)25(32)18(5)23(31)16(3)13-30(36,12-2)14-17(4)24(19(6)27(34)39-21)40-22-15-28(8,37-10)26(33)20(7)38-22/h16-22,24-26,32-33,35-36H,11-15H2,1-10H3/t16-,17-,18+,19-,20+,21-,22+,24+,25-,26+,28-,29-,30-/m1/s1. The van der Waals surface area contributed by atoms with E-state index in [2.05, 4.69) is 0 Å². The lowest BCUT2D eigenvalue weighted by atomic mass is 9.74. The van der Waals surface area contributed by atoms with E-state index in [-0.39, 0.29) is 37.4 Å². The van der Waals surface area contributed by atoms with Gasteiger partial charge in [0.05, 0.1) is 35.4 Å². The summed E-state index contributed by atoms with van der Waals surface area (Å²) < 4.78 is 23.8. The molecule has 10 heteroatoms. The summed E-state index contributed by atoms with van der Waals surface area (Å²) in [5.41, 5.74) is -4.08. The van der Waals surface area contributed by atoms with E-state index in [0.717, 1.165) is 0 Å². The number of ketones is 1. The molecule has 2 saturated heterocycles. The molecule has 10 nitrogen and oxygen atoms in total. The molecule has 0 unspecified atom stereocenters. The summed E-state index contributed by atoms with van der Waals surface area (Å²) >= 11 is 0. The largest absolute Gasteiger partial charge is 0.459 e. The molecule has 13 atom stereocenters. The first-order chi connectivity index (χ1) is 18.4. The molecule has 0 aromatic heterocycles. The second-order valence-corrected chi connectivity index (χ2v) is 12.9. The molecular weight excluding hydrogens is 520 g/mol. The van der Waals surface area contributed by atoms with Gasteiger partial charge in [0.15, 0.2) is 6.29 Å². The number of cyclic esters (lactones) is 1. The van der Waals surface area contributed by atoms with E-state index in [1.165, 1.54) is 14.0 Å². The Labute approximate surface area is 239 Å². The number of hydrogen-bond acceptors (Lipinski definition) is 10. The first-order valence-corrected chi connectivity index (χ1v) is 14.8. The Bertz CT molecular complexity index is 863. The zero-order valence-electron chi connectivity index (χ0n) is 26.0. The van der Waals surface area contributed by atoms with Crippen LogP contribution in [0.4, 0.5) is 0 Å². The Kier molecular flexibility index (Phi) is 11.8. The Balaban J connectivity index is 2.52. The van der Waals surface area contributed by atoms with Gasteiger partial charge in [0.1, 0.15) is 23.6 Å². The van der Waals surface area contributed by atoms with Crippen molar-refractivity contribution in [1.29, 1.82) is 0 Å². The van der Waals surface area contributed by atoms with E-state index in [0.29, 0.717) is 6.42 Å². The van der Waals surface area contributed by atoms with E-state index < -0.39 is 77.3 Å². The maximum Gasteiger partial charge on any atom is 0.311 e. The number of carbonyl (C=O) groups is 2. The highest BCUT2D eigenvalue weighted by Crippen LogP contribution is 2.39. The number of methoxy groups -OCH3 is 1. The minimum atomic E-state index is -1.90. The van der Waals surface area contributed by atoms with Crippen molar-refractivity contribution in [3.63, 3.8) is 0 Å². The number of carbonyl (C=O) groups excluding carboxylic acids is 2. The van der Waals surface area contributed by atoms with Crippen LogP contribution in [0.1, 0.15) is 94.4 Å². The molecule has 0 bridgehead atoms. The van der Waals surface area contributed by atoms with Crippen molar-refractivity contribution >= 4 is 11.8 Å². The molecule has 0 aromatic carbocycles. The van der Waals surface area contributed by atoms with Crippen molar-refractivity contribution in [3.8, 4) is 0 Å². The first kappa shape index (κ1) is 35.1. The Morgan fingerprint density at radius 3 is 2.05 bits per heavy atom. The van der Waals surface area contributed by atoms with Crippen LogP contribution in [-0.4, -0.2) is 92.9 Å². The van der Waals surface area contributed by atoms with E-state index >= 15 is 0 Å². The van der Waals surface area contributed by atoms with Crippen LogP contribution >= 0.6 is 0 Å². The lowest BCUT2D eigenvalue weighted by Gasteiger charge is -2.46. The highest BCUT2D eigenvalue weighted by atomic mass is 16.7. The van der Waals surface area contributed by atoms with Gasteiger partial charge in [-0.3, -0.25) is 9.59 Å². The minimum Gasteiger partial charge on any atom is -0.459 e. The van der Waals surface area contributed by atoms with Crippen molar-refractivity contribution in [3.05, 3.63) is 0 Å². The Hall–Kier alpha value is -1.14. The number of rotatable bonds is 5. The quantitative estimate of drug-likeness (QED) is 0.361. The molecule has 4 N–H and O–H groups in total. The van der Waals surface area contributed by atoms with Gasteiger partial charge in [-0.1, -0.05) is 34.6 Å². The fourth-order valence-electron chi connectivity index (χ4n) is 6.57. The van der Waals surface area contributed by atoms with Crippen LogP contribution in [0, 0.1) is 23.7 Å². The van der Waals surface area contributed by atoms with E-state index in [1.807, 2.05) is 13.8 Å². The van der Waals surface area contributed by atoms with Crippen LogP contribution in [0.15, 0.2) is 0 Å². The van der Waals surface area contributed by atoms with Gasteiger partial charge in [-0.15, -0.1) is 0 Å². The molecule has 0 amide bonds. The van der Waals surface area contributed by atoms with E-state index in [9.17, 15) is 30.0 Å². The van der Waals surface area contributed by atoms with Gasteiger partial charge >= 0.3 is 5.97 Å². The van der Waals surface area contributed by atoms with Gasteiger partial charge in [0.2, 0.25) is 0 Å². The molecule has 2 rings (SSSR count). The summed E-state index contributed by atoms with van der Waals surface area (Å²) in [7, 11) is 1.51. The second kappa shape index (κ2) is 13.4. The van der Waals surface area contributed by atoms with Crippen molar-refractivity contribution in [2.75, 3.05) is 7.11 Å². The fourth-order valence-corrected chi connectivity index (χ4v) is 6.57. The zero-order chi connectivity index (χ0) is 30.8. The molecule has 2 fully saturated rings. The van der Waals surface area contributed by atoms with E-state index in [1.54, 1.807) is 41.5 Å². The van der Waals surface area contributed by atoms with Crippen LogP contribution in [0.25, 0.3) is 0 Å². The third-order valence-corrected chi connectivity index (χ3v) is 9.54. The molecule has 2 aliphatic rings. The molecule has 234 valence electrons. The number of esters is 1. The summed E-state index contributed by atoms with van der Waals surface area (Å²) in [5.74, 6) is -3.67. The van der Waals surface area contributed by atoms with Gasteiger partial charge in [0, 0.05) is 25.4 Å². The predicted octanol–water partition coefficient (Wildman–Crippen LogP) is 2.75. The molecule has 2 aliphatic heterocycles. The number of hydrogen-bond donors (Lipinski definition) is 4. The fraction of sp³-hybridized carbons (Fsp3) is 0.933. The van der Waals surface area contributed by atoms with Crippen LogP contribution in [-0.2, 0) is 28.5 Å².